The van der Waals surface area contributed by atoms with E-state index in [1.807, 2.05) is 56.3 Å². The molecule has 31 heavy (non-hydrogen) atoms. The first-order chi connectivity index (χ1) is 15.0. The van der Waals surface area contributed by atoms with Crippen molar-refractivity contribution in [1.29, 1.82) is 0 Å². The van der Waals surface area contributed by atoms with Crippen LogP contribution in [0, 0.1) is 0 Å². The van der Waals surface area contributed by atoms with E-state index < -0.39 is 12.0 Å². The maximum Gasteiger partial charge on any atom is 0.333 e. The molecule has 1 unspecified atom stereocenters. The van der Waals surface area contributed by atoms with Crippen molar-refractivity contribution >= 4 is 46.3 Å². The predicted octanol–water partition coefficient (Wildman–Crippen LogP) is 5.37. The second-order valence-electron chi connectivity index (χ2n) is 6.95. The Morgan fingerprint density at radius 1 is 1.10 bits per heavy atom. The minimum Gasteiger partial charge on any atom is -0.494 e. The van der Waals surface area contributed by atoms with Gasteiger partial charge in [0.2, 0.25) is 0 Å². The minimum absolute atomic E-state index is 0.289. The molecule has 162 valence electrons. The SMILES string of the molecule is CCCOC(=O)C(c1ccccc1)N1C(=O)/C(=C\c2cccc(OCCC)c2)SC1=S. The summed E-state index contributed by atoms with van der Waals surface area (Å²) >= 11 is 6.68. The molecular formula is C24H25NO4S2. The number of benzene rings is 2. The number of hydrogen-bond acceptors (Lipinski definition) is 6. The molecule has 2 aromatic rings. The van der Waals surface area contributed by atoms with Crippen molar-refractivity contribution in [2.75, 3.05) is 13.2 Å². The first kappa shape index (κ1) is 23.0. The van der Waals surface area contributed by atoms with Crippen molar-refractivity contribution < 1.29 is 19.1 Å². The number of amides is 1. The fourth-order valence-corrected chi connectivity index (χ4v) is 4.39. The molecule has 0 saturated carbocycles. The smallest absolute Gasteiger partial charge is 0.333 e. The van der Waals surface area contributed by atoms with Crippen LogP contribution in [0.4, 0.5) is 0 Å². The first-order valence-electron chi connectivity index (χ1n) is 10.3. The molecule has 1 fully saturated rings. The quantitative estimate of drug-likeness (QED) is 0.288. The van der Waals surface area contributed by atoms with Gasteiger partial charge in [-0.2, -0.15) is 0 Å². The largest absolute Gasteiger partial charge is 0.494 e. The lowest BCUT2D eigenvalue weighted by atomic mass is 10.1. The van der Waals surface area contributed by atoms with Crippen LogP contribution in [0.5, 0.6) is 5.75 Å². The van der Waals surface area contributed by atoms with Crippen molar-refractivity contribution in [2.45, 2.75) is 32.7 Å². The maximum atomic E-state index is 13.3. The number of carbonyl (C=O) groups is 2. The summed E-state index contributed by atoms with van der Waals surface area (Å²) in [5.41, 5.74) is 1.50. The van der Waals surface area contributed by atoms with E-state index in [1.165, 1.54) is 16.7 Å². The zero-order valence-corrected chi connectivity index (χ0v) is 19.2. The highest BCUT2D eigenvalue weighted by Gasteiger charge is 2.42. The van der Waals surface area contributed by atoms with Gasteiger partial charge in [-0.1, -0.05) is 80.3 Å². The van der Waals surface area contributed by atoms with Gasteiger partial charge in [-0.3, -0.25) is 9.69 Å². The molecule has 0 radical (unpaired) electrons. The Labute approximate surface area is 192 Å². The maximum absolute atomic E-state index is 13.3. The van der Waals surface area contributed by atoms with Gasteiger partial charge in [-0.05, 0) is 42.2 Å². The van der Waals surface area contributed by atoms with E-state index >= 15 is 0 Å². The van der Waals surface area contributed by atoms with Crippen molar-refractivity contribution in [1.82, 2.24) is 4.90 Å². The molecule has 0 bridgehead atoms. The molecule has 0 aromatic heterocycles. The van der Waals surface area contributed by atoms with Crippen LogP contribution in [0.25, 0.3) is 6.08 Å². The second kappa shape index (κ2) is 11.1. The van der Waals surface area contributed by atoms with Gasteiger partial charge >= 0.3 is 5.97 Å². The van der Waals surface area contributed by atoms with Crippen molar-refractivity contribution in [3.63, 3.8) is 0 Å². The van der Waals surface area contributed by atoms with Gasteiger partial charge in [0.25, 0.3) is 5.91 Å². The molecule has 5 nitrogen and oxygen atoms in total. The van der Waals surface area contributed by atoms with Crippen LogP contribution >= 0.6 is 24.0 Å². The van der Waals surface area contributed by atoms with Crippen LogP contribution in [0.1, 0.15) is 43.9 Å². The van der Waals surface area contributed by atoms with Crippen LogP contribution in [0.2, 0.25) is 0 Å². The molecule has 7 heteroatoms. The molecule has 0 N–H and O–H groups in total. The van der Waals surface area contributed by atoms with Gasteiger partial charge in [-0.15, -0.1) is 0 Å². The van der Waals surface area contributed by atoms with Crippen molar-refractivity contribution in [2.24, 2.45) is 0 Å². The number of esters is 1. The third kappa shape index (κ3) is 5.74. The number of ether oxygens (including phenoxy) is 2. The Kier molecular flexibility index (Phi) is 8.26. The number of thiocarbonyl (C=S) groups is 1. The highest BCUT2D eigenvalue weighted by Crippen LogP contribution is 2.39. The summed E-state index contributed by atoms with van der Waals surface area (Å²) in [6.45, 7) is 4.89. The lowest BCUT2D eigenvalue weighted by Gasteiger charge is -2.25. The molecule has 3 rings (SSSR count). The average Bonchev–Trinajstić information content (AvgIpc) is 3.05. The number of thioether (sulfide) groups is 1. The summed E-state index contributed by atoms with van der Waals surface area (Å²) in [6.07, 6.45) is 3.39. The monoisotopic (exact) mass is 455 g/mol. The van der Waals surface area contributed by atoms with E-state index in [9.17, 15) is 9.59 Å². The van der Waals surface area contributed by atoms with E-state index in [4.69, 9.17) is 21.7 Å². The molecule has 2 aromatic carbocycles. The van der Waals surface area contributed by atoms with E-state index in [0.29, 0.717) is 27.8 Å². The first-order valence-corrected chi connectivity index (χ1v) is 11.5. The van der Waals surface area contributed by atoms with Gasteiger partial charge in [0.15, 0.2) is 6.04 Å². The lowest BCUT2D eigenvalue weighted by molar-refractivity contribution is -0.151. The second-order valence-corrected chi connectivity index (χ2v) is 8.63. The van der Waals surface area contributed by atoms with Gasteiger partial charge in [0.1, 0.15) is 10.1 Å². The van der Waals surface area contributed by atoms with Gasteiger partial charge < -0.3 is 9.47 Å². The molecule has 0 spiro atoms. The third-order valence-corrected chi connectivity index (χ3v) is 5.83. The van der Waals surface area contributed by atoms with Gasteiger partial charge in [0.05, 0.1) is 18.1 Å². The molecule has 1 atom stereocenters. The van der Waals surface area contributed by atoms with Crippen LogP contribution in [-0.2, 0) is 14.3 Å². The Balaban J connectivity index is 1.89. The normalized spacial score (nSPS) is 15.9. The Bertz CT molecular complexity index is 975. The number of carbonyl (C=O) groups excluding carboxylic acids is 2. The molecule has 0 aliphatic carbocycles. The molecular weight excluding hydrogens is 430 g/mol. The molecule has 1 aliphatic rings. The minimum atomic E-state index is -0.912. The summed E-state index contributed by atoms with van der Waals surface area (Å²) in [5, 5.41) is 0. The average molecular weight is 456 g/mol. The van der Waals surface area contributed by atoms with Crippen LogP contribution < -0.4 is 4.74 Å². The van der Waals surface area contributed by atoms with E-state index in [2.05, 4.69) is 0 Å². The number of rotatable bonds is 9. The molecule has 1 heterocycles. The highest BCUT2D eigenvalue weighted by atomic mass is 32.2. The number of nitrogens with zero attached hydrogens (tertiary/aromatic N) is 1. The predicted molar refractivity (Wildman–Crippen MR) is 128 cm³/mol. The Hall–Kier alpha value is -2.64. The molecule has 1 saturated heterocycles. The standard InChI is InChI=1S/C24H25NO4S2/c1-3-13-28-19-12-8-9-17(15-19)16-20-22(26)25(24(30)31-20)21(23(27)29-14-4-2)18-10-6-5-7-11-18/h5-12,15-16,21H,3-4,13-14H2,1-2H3/b20-16+. The summed E-state index contributed by atoms with van der Waals surface area (Å²) in [4.78, 5) is 28.0. The topological polar surface area (TPSA) is 55.8 Å². The summed E-state index contributed by atoms with van der Waals surface area (Å²) < 4.78 is 11.4. The molecule has 1 amide bonds. The molecule has 1 aliphatic heterocycles. The number of hydrogen-bond donors (Lipinski definition) is 0. The van der Waals surface area contributed by atoms with E-state index in [-0.39, 0.29) is 12.5 Å². The summed E-state index contributed by atoms with van der Waals surface area (Å²) in [6, 6.07) is 15.7. The fraction of sp³-hybridized carbons (Fsp3) is 0.292. The zero-order chi connectivity index (χ0) is 22.2. The summed E-state index contributed by atoms with van der Waals surface area (Å²) in [5.74, 6) is -0.0471. The zero-order valence-electron chi connectivity index (χ0n) is 17.6. The van der Waals surface area contributed by atoms with Gasteiger partial charge in [-0.25, -0.2) is 4.79 Å². The van der Waals surface area contributed by atoms with Crippen molar-refractivity contribution in [3.05, 3.63) is 70.6 Å². The van der Waals surface area contributed by atoms with Gasteiger partial charge in [0, 0.05) is 0 Å². The van der Waals surface area contributed by atoms with Crippen LogP contribution in [0.15, 0.2) is 59.5 Å². The Morgan fingerprint density at radius 2 is 1.84 bits per heavy atom. The summed E-state index contributed by atoms with van der Waals surface area (Å²) in [7, 11) is 0. The van der Waals surface area contributed by atoms with E-state index in [0.717, 1.165) is 17.7 Å². The van der Waals surface area contributed by atoms with Crippen LogP contribution in [-0.4, -0.2) is 34.3 Å². The lowest BCUT2D eigenvalue weighted by Crippen LogP contribution is -2.38. The van der Waals surface area contributed by atoms with Crippen molar-refractivity contribution in [3.8, 4) is 5.75 Å². The third-order valence-electron chi connectivity index (χ3n) is 4.50. The van der Waals surface area contributed by atoms with Crippen LogP contribution in [0.3, 0.4) is 0 Å². The highest BCUT2D eigenvalue weighted by molar-refractivity contribution is 8.26. The Morgan fingerprint density at radius 3 is 2.55 bits per heavy atom. The fourth-order valence-electron chi connectivity index (χ4n) is 3.08. The van der Waals surface area contributed by atoms with E-state index in [1.54, 1.807) is 18.2 Å².